The Balaban J connectivity index is 1.68. The van der Waals surface area contributed by atoms with Crippen LogP contribution >= 0.6 is 0 Å². The Morgan fingerprint density at radius 2 is 1.96 bits per heavy atom. The molecule has 2 aliphatic rings. The Hall–Kier alpha value is -1.89. The Morgan fingerprint density at radius 1 is 1.18 bits per heavy atom. The summed E-state index contributed by atoms with van der Waals surface area (Å²) in [6, 6.07) is 0. The highest BCUT2D eigenvalue weighted by Gasteiger charge is 2.25. The SMILES string of the molecule is CCCc1nn(C)c2c(=O)[nH]c(N(CC3CCCCC3)CC3CCOC3)nc12. The fourth-order valence-electron chi connectivity index (χ4n) is 4.76. The van der Waals surface area contributed by atoms with E-state index in [4.69, 9.17) is 9.72 Å². The molecule has 0 bridgehead atoms. The largest absolute Gasteiger partial charge is 0.381 e. The second-order valence-electron chi connectivity index (χ2n) is 8.55. The van der Waals surface area contributed by atoms with E-state index in [0.717, 1.165) is 56.8 Å². The van der Waals surface area contributed by atoms with Crippen LogP contribution in [-0.2, 0) is 18.2 Å². The lowest BCUT2D eigenvalue weighted by molar-refractivity contribution is 0.186. The van der Waals surface area contributed by atoms with Crippen molar-refractivity contribution in [2.75, 3.05) is 31.2 Å². The number of fused-ring (bicyclic) bond motifs is 1. The van der Waals surface area contributed by atoms with Crippen LogP contribution in [-0.4, -0.2) is 46.1 Å². The zero-order valence-corrected chi connectivity index (χ0v) is 17.2. The molecule has 0 radical (unpaired) electrons. The van der Waals surface area contributed by atoms with E-state index in [2.05, 4.69) is 21.9 Å². The van der Waals surface area contributed by atoms with E-state index < -0.39 is 0 Å². The van der Waals surface area contributed by atoms with E-state index in [1.54, 1.807) is 4.68 Å². The molecule has 1 unspecified atom stereocenters. The van der Waals surface area contributed by atoms with Gasteiger partial charge in [0.25, 0.3) is 5.56 Å². The maximum absolute atomic E-state index is 12.9. The number of rotatable bonds is 7. The first-order chi connectivity index (χ1) is 13.7. The van der Waals surface area contributed by atoms with Gasteiger partial charge < -0.3 is 9.64 Å². The molecule has 154 valence electrons. The standard InChI is InChI=1S/C21H33N5O2/c1-3-7-17-18-19(25(2)24-17)20(27)23-21(22-18)26(13-16-10-11-28-14-16)12-15-8-5-4-6-9-15/h15-16H,3-14H2,1-2H3,(H,22,23,27). The van der Waals surface area contributed by atoms with Gasteiger partial charge in [0, 0.05) is 32.7 Å². The molecule has 1 atom stereocenters. The number of hydrogen-bond acceptors (Lipinski definition) is 5. The number of aromatic amines is 1. The van der Waals surface area contributed by atoms with Crippen LogP contribution in [0.4, 0.5) is 5.95 Å². The highest BCUT2D eigenvalue weighted by Crippen LogP contribution is 2.27. The minimum atomic E-state index is -0.0892. The predicted molar refractivity (Wildman–Crippen MR) is 111 cm³/mol. The highest BCUT2D eigenvalue weighted by atomic mass is 16.5. The molecule has 1 saturated heterocycles. The summed E-state index contributed by atoms with van der Waals surface area (Å²) < 4.78 is 7.27. The molecule has 2 aromatic rings. The Kier molecular flexibility index (Phi) is 5.99. The molecule has 7 heteroatoms. The molecule has 3 heterocycles. The van der Waals surface area contributed by atoms with Crippen LogP contribution in [0, 0.1) is 11.8 Å². The molecule has 1 saturated carbocycles. The monoisotopic (exact) mass is 387 g/mol. The molecule has 1 aliphatic heterocycles. The molecular formula is C21H33N5O2. The minimum absolute atomic E-state index is 0.0892. The first-order valence-electron chi connectivity index (χ1n) is 10.9. The fraction of sp³-hybridized carbons (Fsp3) is 0.762. The van der Waals surface area contributed by atoms with E-state index >= 15 is 0 Å². The lowest BCUT2D eigenvalue weighted by atomic mass is 9.89. The van der Waals surface area contributed by atoms with Crippen molar-refractivity contribution >= 4 is 17.0 Å². The molecule has 0 spiro atoms. The van der Waals surface area contributed by atoms with Gasteiger partial charge >= 0.3 is 0 Å². The quantitative estimate of drug-likeness (QED) is 0.790. The van der Waals surface area contributed by atoms with Gasteiger partial charge in [-0.2, -0.15) is 5.10 Å². The predicted octanol–water partition coefficient (Wildman–Crippen LogP) is 3.03. The zero-order chi connectivity index (χ0) is 19.5. The summed E-state index contributed by atoms with van der Waals surface area (Å²) in [5.41, 5.74) is 2.18. The molecule has 7 nitrogen and oxygen atoms in total. The molecule has 0 aromatic carbocycles. The highest BCUT2D eigenvalue weighted by molar-refractivity contribution is 5.77. The lowest BCUT2D eigenvalue weighted by Gasteiger charge is -2.31. The Labute approximate surface area is 166 Å². The first-order valence-corrected chi connectivity index (χ1v) is 10.9. The smallest absolute Gasteiger partial charge is 0.278 e. The Morgan fingerprint density at radius 3 is 2.68 bits per heavy atom. The summed E-state index contributed by atoms with van der Waals surface area (Å²) in [4.78, 5) is 23.2. The summed E-state index contributed by atoms with van der Waals surface area (Å²) in [6.45, 7) is 5.64. The van der Waals surface area contributed by atoms with Crippen molar-refractivity contribution in [2.24, 2.45) is 18.9 Å². The molecular weight excluding hydrogens is 354 g/mol. The second-order valence-corrected chi connectivity index (χ2v) is 8.55. The fourth-order valence-corrected chi connectivity index (χ4v) is 4.76. The van der Waals surface area contributed by atoms with Crippen molar-refractivity contribution in [1.29, 1.82) is 0 Å². The number of ether oxygens (including phenoxy) is 1. The van der Waals surface area contributed by atoms with Crippen LogP contribution in [0.5, 0.6) is 0 Å². The van der Waals surface area contributed by atoms with Crippen molar-refractivity contribution in [3.05, 3.63) is 16.0 Å². The van der Waals surface area contributed by atoms with Crippen LogP contribution in [0.1, 0.15) is 57.6 Å². The normalized spacial score (nSPS) is 20.9. The van der Waals surface area contributed by atoms with Crippen molar-refractivity contribution in [2.45, 2.75) is 58.3 Å². The van der Waals surface area contributed by atoms with Gasteiger partial charge in [-0.05, 0) is 31.6 Å². The number of nitrogens with one attached hydrogen (secondary N) is 1. The maximum atomic E-state index is 12.9. The summed E-state index contributed by atoms with van der Waals surface area (Å²) in [5.74, 6) is 1.90. The summed E-state index contributed by atoms with van der Waals surface area (Å²) in [5, 5.41) is 4.56. The number of aromatic nitrogens is 4. The van der Waals surface area contributed by atoms with E-state index in [1.165, 1.54) is 32.1 Å². The van der Waals surface area contributed by atoms with Crippen molar-refractivity contribution in [3.63, 3.8) is 0 Å². The van der Waals surface area contributed by atoms with Crippen molar-refractivity contribution in [1.82, 2.24) is 19.7 Å². The van der Waals surface area contributed by atoms with Gasteiger partial charge in [0.1, 0.15) is 5.52 Å². The van der Waals surface area contributed by atoms with E-state index in [0.29, 0.717) is 23.3 Å². The second kappa shape index (κ2) is 8.64. The van der Waals surface area contributed by atoms with Gasteiger partial charge in [0.15, 0.2) is 5.52 Å². The molecule has 28 heavy (non-hydrogen) atoms. The minimum Gasteiger partial charge on any atom is -0.381 e. The van der Waals surface area contributed by atoms with Gasteiger partial charge in [-0.15, -0.1) is 0 Å². The summed E-state index contributed by atoms with van der Waals surface area (Å²) >= 11 is 0. The number of aryl methyl sites for hydroxylation is 2. The zero-order valence-electron chi connectivity index (χ0n) is 17.2. The number of anilines is 1. The van der Waals surface area contributed by atoms with Gasteiger partial charge in [-0.25, -0.2) is 4.98 Å². The molecule has 4 rings (SSSR count). The number of hydrogen-bond donors (Lipinski definition) is 1. The molecule has 2 fully saturated rings. The van der Waals surface area contributed by atoms with Crippen LogP contribution in [0.3, 0.4) is 0 Å². The lowest BCUT2D eigenvalue weighted by Crippen LogP contribution is -2.37. The average molecular weight is 388 g/mol. The molecule has 0 amide bonds. The van der Waals surface area contributed by atoms with Gasteiger partial charge in [-0.1, -0.05) is 32.6 Å². The van der Waals surface area contributed by atoms with Crippen LogP contribution in [0.2, 0.25) is 0 Å². The third kappa shape index (κ3) is 4.09. The van der Waals surface area contributed by atoms with Crippen molar-refractivity contribution < 1.29 is 4.74 Å². The van der Waals surface area contributed by atoms with Gasteiger partial charge in [0.05, 0.1) is 12.3 Å². The van der Waals surface area contributed by atoms with Gasteiger partial charge in [0.2, 0.25) is 5.95 Å². The topological polar surface area (TPSA) is 76.0 Å². The maximum Gasteiger partial charge on any atom is 0.278 e. The first kappa shape index (κ1) is 19.4. The molecule has 1 N–H and O–H groups in total. The number of nitrogens with zero attached hydrogens (tertiary/aromatic N) is 4. The average Bonchev–Trinajstić information content (AvgIpc) is 3.31. The van der Waals surface area contributed by atoms with Gasteiger partial charge in [-0.3, -0.25) is 14.5 Å². The van der Waals surface area contributed by atoms with Crippen LogP contribution < -0.4 is 10.5 Å². The van der Waals surface area contributed by atoms with Crippen LogP contribution in [0.15, 0.2) is 4.79 Å². The number of H-pyrrole nitrogens is 1. The molecule has 2 aromatic heterocycles. The third-order valence-corrected chi connectivity index (χ3v) is 6.24. The van der Waals surface area contributed by atoms with E-state index in [-0.39, 0.29) is 5.56 Å². The third-order valence-electron chi connectivity index (χ3n) is 6.24. The molecule has 1 aliphatic carbocycles. The van der Waals surface area contributed by atoms with Crippen molar-refractivity contribution in [3.8, 4) is 0 Å². The summed E-state index contributed by atoms with van der Waals surface area (Å²) in [7, 11) is 1.83. The van der Waals surface area contributed by atoms with E-state index in [1.807, 2.05) is 7.05 Å². The van der Waals surface area contributed by atoms with E-state index in [9.17, 15) is 4.79 Å². The summed E-state index contributed by atoms with van der Waals surface area (Å²) in [6.07, 6.45) is 9.45. The van der Waals surface area contributed by atoms with Crippen LogP contribution in [0.25, 0.3) is 11.0 Å². The Bertz CT molecular complexity index is 846.